The average Bonchev–Trinajstić information content (AvgIpc) is 2.49. The maximum absolute atomic E-state index is 12.7. The van der Waals surface area contributed by atoms with Crippen molar-refractivity contribution >= 4 is 5.97 Å². The fourth-order valence-electron chi connectivity index (χ4n) is 1.60. The van der Waals surface area contributed by atoms with Crippen LogP contribution in [0.1, 0.15) is 6.92 Å². The molecule has 0 radical (unpaired) electrons. The Hall–Kier alpha value is -2.56. The van der Waals surface area contributed by atoms with Crippen LogP contribution in [0.25, 0.3) is 0 Å². The van der Waals surface area contributed by atoms with Gasteiger partial charge in [0.05, 0.1) is 6.61 Å². The molecule has 0 atom stereocenters. The molecule has 0 saturated heterocycles. The lowest BCUT2D eigenvalue weighted by atomic mass is 10.3. The van der Waals surface area contributed by atoms with Gasteiger partial charge in [-0.05, 0) is 55.5 Å². The highest BCUT2D eigenvalue weighted by Crippen LogP contribution is 2.17. The first-order valence-corrected chi connectivity index (χ1v) is 6.49. The predicted octanol–water partition coefficient (Wildman–Crippen LogP) is 3.21. The first-order valence-electron chi connectivity index (χ1n) is 6.49. The van der Waals surface area contributed by atoms with Crippen LogP contribution in [0, 0.1) is 5.82 Å². The fourth-order valence-corrected chi connectivity index (χ4v) is 1.60. The Morgan fingerprint density at radius 1 is 0.905 bits per heavy atom. The van der Waals surface area contributed by atoms with Crippen LogP contribution >= 0.6 is 0 Å². The third-order valence-corrected chi connectivity index (χ3v) is 2.54. The van der Waals surface area contributed by atoms with Crippen molar-refractivity contribution in [3.05, 3.63) is 54.3 Å². The van der Waals surface area contributed by atoms with E-state index >= 15 is 0 Å². The summed E-state index contributed by atoms with van der Waals surface area (Å²) < 4.78 is 28.3. The highest BCUT2D eigenvalue weighted by atomic mass is 19.1. The summed E-state index contributed by atoms with van der Waals surface area (Å²) in [6.07, 6.45) is 0. The van der Waals surface area contributed by atoms with Crippen LogP contribution in [0.5, 0.6) is 17.2 Å². The summed E-state index contributed by atoms with van der Waals surface area (Å²) in [7, 11) is 0. The molecule has 0 spiro atoms. The van der Waals surface area contributed by atoms with Crippen LogP contribution in [-0.4, -0.2) is 19.2 Å². The number of hydrogen-bond donors (Lipinski definition) is 0. The van der Waals surface area contributed by atoms with Crippen molar-refractivity contribution in [1.29, 1.82) is 0 Å². The third kappa shape index (κ3) is 4.80. The van der Waals surface area contributed by atoms with Gasteiger partial charge in [-0.25, -0.2) is 9.18 Å². The van der Waals surface area contributed by atoms with Gasteiger partial charge in [-0.15, -0.1) is 0 Å². The summed E-state index contributed by atoms with van der Waals surface area (Å²) in [4.78, 5) is 11.6. The normalized spacial score (nSPS) is 10.0. The quantitative estimate of drug-likeness (QED) is 0.605. The molecule has 2 aromatic carbocycles. The lowest BCUT2D eigenvalue weighted by Gasteiger charge is -2.08. The zero-order chi connectivity index (χ0) is 15.1. The molecule has 0 aliphatic rings. The summed E-state index contributed by atoms with van der Waals surface area (Å²) in [6.45, 7) is 2.26. The van der Waals surface area contributed by atoms with Gasteiger partial charge in [-0.3, -0.25) is 0 Å². The second kappa shape index (κ2) is 7.28. The molecule has 0 amide bonds. The highest BCUT2D eigenvalue weighted by Gasteiger charge is 2.06. The van der Waals surface area contributed by atoms with Crippen molar-refractivity contribution in [2.75, 3.05) is 13.2 Å². The molecule has 0 fully saturated rings. The molecule has 0 unspecified atom stereocenters. The maximum atomic E-state index is 12.7. The minimum atomic E-state index is -0.560. The van der Waals surface area contributed by atoms with Crippen molar-refractivity contribution in [3.8, 4) is 17.2 Å². The minimum absolute atomic E-state index is 0.231. The standard InChI is InChI=1S/C16H15FO4/c1-2-19-13-7-9-14(10-8-13)20-11-16(18)21-15-5-3-12(17)4-6-15/h3-10H,2,11H2,1H3. The van der Waals surface area contributed by atoms with E-state index in [2.05, 4.69) is 0 Å². The van der Waals surface area contributed by atoms with Gasteiger partial charge in [0.15, 0.2) is 6.61 Å². The summed E-state index contributed by atoms with van der Waals surface area (Å²) >= 11 is 0. The van der Waals surface area contributed by atoms with Crippen LogP contribution in [-0.2, 0) is 4.79 Å². The van der Waals surface area contributed by atoms with E-state index in [9.17, 15) is 9.18 Å². The molecule has 5 heteroatoms. The molecule has 2 rings (SSSR count). The van der Waals surface area contributed by atoms with E-state index in [1.165, 1.54) is 24.3 Å². The van der Waals surface area contributed by atoms with Gasteiger partial charge < -0.3 is 14.2 Å². The molecule has 110 valence electrons. The number of carbonyl (C=O) groups excluding carboxylic acids is 1. The molecular formula is C16H15FO4. The third-order valence-electron chi connectivity index (χ3n) is 2.54. The van der Waals surface area contributed by atoms with E-state index in [1.54, 1.807) is 24.3 Å². The fraction of sp³-hybridized carbons (Fsp3) is 0.188. The Kier molecular flexibility index (Phi) is 5.15. The number of benzene rings is 2. The van der Waals surface area contributed by atoms with Crippen molar-refractivity contribution in [1.82, 2.24) is 0 Å². The molecule has 21 heavy (non-hydrogen) atoms. The molecule has 0 saturated carbocycles. The number of carbonyl (C=O) groups is 1. The van der Waals surface area contributed by atoms with Gasteiger partial charge in [-0.2, -0.15) is 0 Å². The molecule has 0 aromatic heterocycles. The second-order valence-corrected chi connectivity index (χ2v) is 4.12. The molecule has 0 aliphatic heterocycles. The zero-order valence-electron chi connectivity index (χ0n) is 11.5. The molecule has 2 aromatic rings. The van der Waals surface area contributed by atoms with E-state index in [0.29, 0.717) is 12.4 Å². The van der Waals surface area contributed by atoms with E-state index in [4.69, 9.17) is 14.2 Å². The maximum Gasteiger partial charge on any atom is 0.349 e. The molecule has 0 aliphatic carbocycles. The first kappa shape index (κ1) is 14.8. The highest BCUT2D eigenvalue weighted by molar-refractivity contribution is 5.73. The average molecular weight is 290 g/mol. The summed E-state index contributed by atoms with van der Waals surface area (Å²) in [5.74, 6) is 0.598. The molecular weight excluding hydrogens is 275 g/mol. The van der Waals surface area contributed by atoms with Crippen molar-refractivity contribution < 1.29 is 23.4 Å². The minimum Gasteiger partial charge on any atom is -0.494 e. The van der Waals surface area contributed by atoms with Gasteiger partial charge in [0.1, 0.15) is 23.1 Å². The smallest absolute Gasteiger partial charge is 0.349 e. The molecule has 0 N–H and O–H groups in total. The van der Waals surface area contributed by atoms with E-state index in [1.807, 2.05) is 6.92 Å². The summed E-state index contributed by atoms with van der Waals surface area (Å²) in [5.41, 5.74) is 0. The lowest BCUT2D eigenvalue weighted by molar-refractivity contribution is -0.136. The Labute approximate surface area is 122 Å². The SMILES string of the molecule is CCOc1ccc(OCC(=O)Oc2ccc(F)cc2)cc1. The van der Waals surface area contributed by atoms with E-state index in [0.717, 1.165) is 5.75 Å². The number of ether oxygens (including phenoxy) is 3. The number of hydrogen-bond acceptors (Lipinski definition) is 4. The Bertz CT molecular complexity index is 578. The van der Waals surface area contributed by atoms with Gasteiger partial charge in [0.25, 0.3) is 0 Å². The summed E-state index contributed by atoms with van der Waals surface area (Å²) in [5, 5.41) is 0. The van der Waals surface area contributed by atoms with Gasteiger partial charge in [-0.1, -0.05) is 0 Å². The van der Waals surface area contributed by atoms with Crippen LogP contribution < -0.4 is 14.2 Å². The van der Waals surface area contributed by atoms with Gasteiger partial charge >= 0.3 is 5.97 Å². The monoisotopic (exact) mass is 290 g/mol. The second-order valence-electron chi connectivity index (χ2n) is 4.12. The molecule has 0 heterocycles. The number of esters is 1. The predicted molar refractivity (Wildman–Crippen MR) is 75.1 cm³/mol. The number of rotatable bonds is 6. The molecule has 4 nitrogen and oxygen atoms in total. The lowest BCUT2D eigenvalue weighted by Crippen LogP contribution is -2.17. The Balaban J connectivity index is 1.81. The van der Waals surface area contributed by atoms with Crippen LogP contribution in [0.15, 0.2) is 48.5 Å². The largest absolute Gasteiger partial charge is 0.494 e. The van der Waals surface area contributed by atoms with Crippen molar-refractivity contribution in [2.45, 2.75) is 6.92 Å². The van der Waals surface area contributed by atoms with Crippen LogP contribution in [0.2, 0.25) is 0 Å². The van der Waals surface area contributed by atoms with Crippen LogP contribution in [0.3, 0.4) is 0 Å². The number of halogens is 1. The summed E-state index contributed by atoms with van der Waals surface area (Å²) in [6, 6.07) is 12.1. The van der Waals surface area contributed by atoms with Gasteiger partial charge in [0, 0.05) is 0 Å². The Morgan fingerprint density at radius 3 is 2.00 bits per heavy atom. The van der Waals surface area contributed by atoms with E-state index in [-0.39, 0.29) is 18.2 Å². The topological polar surface area (TPSA) is 44.8 Å². The van der Waals surface area contributed by atoms with Crippen LogP contribution in [0.4, 0.5) is 4.39 Å². The first-order chi connectivity index (χ1) is 10.2. The van der Waals surface area contributed by atoms with Gasteiger partial charge in [0.2, 0.25) is 0 Å². The van der Waals surface area contributed by atoms with Crippen molar-refractivity contribution in [3.63, 3.8) is 0 Å². The Morgan fingerprint density at radius 2 is 1.43 bits per heavy atom. The van der Waals surface area contributed by atoms with Crippen molar-refractivity contribution in [2.24, 2.45) is 0 Å². The zero-order valence-corrected chi connectivity index (χ0v) is 11.5. The van der Waals surface area contributed by atoms with E-state index < -0.39 is 5.97 Å². The molecule has 0 bridgehead atoms.